The number of anilines is 2. The summed E-state index contributed by atoms with van der Waals surface area (Å²) in [5, 5.41) is 0. The van der Waals surface area contributed by atoms with E-state index in [1.807, 2.05) is 6.92 Å². The van der Waals surface area contributed by atoms with Crippen molar-refractivity contribution < 1.29 is 9.47 Å². The Balaban J connectivity index is 1.42. The molecule has 4 fully saturated rings. The molecule has 2 N–H and O–H groups in total. The third-order valence-electron chi connectivity index (χ3n) is 6.97. The number of aryl methyl sites for hydroxylation is 1. The first-order valence-corrected chi connectivity index (χ1v) is 10.2. The van der Waals surface area contributed by atoms with Crippen molar-refractivity contribution in [1.82, 2.24) is 14.9 Å². The van der Waals surface area contributed by atoms with Crippen LogP contribution in [0.15, 0.2) is 24.3 Å². The Labute approximate surface area is 164 Å². The van der Waals surface area contributed by atoms with E-state index in [1.165, 1.54) is 31.5 Å². The molecule has 0 radical (unpaired) electrons. The highest BCUT2D eigenvalue weighted by atomic mass is 16.7. The molecule has 4 saturated heterocycles. The fourth-order valence-corrected chi connectivity index (χ4v) is 5.84. The fourth-order valence-electron chi connectivity index (χ4n) is 5.84. The van der Waals surface area contributed by atoms with Gasteiger partial charge in [-0.1, -0.05) is 6.07 Å². The van der Waals surface area contributed by atoms with E-state index in [9.17, 15) is 0 Å². The largest absolute Gasteiger partial charge is 0.454 e. The molecule has 1 aromatic heterocycles. The molecule has 2 bridgehead atoms. The number of aromatic nitrogens is 2. The van der Waals surface area contributed by atoms with Crippen molar-refractivity contribution in [2.24, 2.45) is 5.92 Å². The highest BCUT2D eigenvalue weighted by molar-refractivity contribution is 5.52. The molecule has 146 valence electrons. The van der Waals surface area contributed by atoms with Crippen LogP contribution in [0.25, 0.3) is 0 Å². The number of nitrogens with zero attached hydrogens (tertiary/aromatic N) is 4. The standard InChI is InChI=1S/C21H25N5O2/c1-12-8-18(24-21(22)23-12)26-10-15(14-2-3-16-17(9-14)28-11-27-16)20-19(26)13-4-6-25(20)7-5-13/h2-3,8-9,13,15,19-20H,4-7,10-11H2,1H3,(H2,22,23,24)/t15-,19-,20-/m1/s1. The van der Waals surface area contributed by atoms with Gasteiger partial charge in [0, 0.05) is 36.3 Å². The highest BCUT2D eigenvalue weighted by Gasteiger charge is 2.53. The van der Waals surface area contributed by atoms with Gasteiger partial charge in [-0.2, -0.15) is 4.98 Å². The molecule has 6 heterocycles. The summed E-state index contributed by atoms with van der Waals surface area (Å²) in [7, 11) is 0. The third-order valence-corrected chi connectivity index (χ3v) is 6.97. The summed E-state index contributed by atoms with van der Waals surface area (Å²) in [6, 6.07) is 9.50. The average molecular weight is 379 g/mol. The van der Waals surface area contributed by atoms with E-state index < -0.39 is 0 Å². The Bertz CT molecular complexity index is 907. The molecule has 7 nitrogen and oxygen atoms in total. The maximum absolute atomic E-state index is 5.99. The minimum absolute atomic E-state index is 0.315. The van der Waals surface area contributed by atoms with Crippen LogP contribution < -0.4 is 20.1 Å². The SMILES string of the molecule is Cc1cc(N2C[C@H](c3ccc4c(c3)OCO4)[C@@H]3[C@H]2C2CCN3CC2)nc(N)n1. The Morgan fingerprint density at radius 3 is 2.68 bits per heavy atom. The Kier molecular flexibility index (Phi) is 3.50. The summed E-state index contributed by atoms with van der Waals surface area (Å²) in [4.78, 5) is 14.1. The van der Waals surface area contributed by atoms with Crippen LogP contribution >= 0.6 is 0 Å². The lowest BCUT2D eigenvalue weighted by atomic mass is 9.75. The number of hydrogen-bond acceptors (Lipinski definition) is 7. The zero-order chi connectivity index (χ0) is 18.8. The van der Waals surface area contributed by atoms with Gasteiger partial charge in [-0.05, 0) is 56.5 Å². The number of rotatable bonds is 2. The molecule has 7 heteroatoms. The van der Waals surface area contributed by atoms with Crippen molar-refractivity contribution in [3.63, 3.8) is 0 Å². The van der Waals surface area contributed by atoms with E-state index in [0.29, 0.717) is 36.7 Å². The molecule has 0 amide bonds. The summed E-state index contributed by atoms with van der Waals surface area (Å²) < 4.78 is 11.2. The summed E-state index contributed by atoms with van der Waals surface area (Å²) >= 11 is 0. The second-order valence-corrected chi connectivity index (χ2v) is 8.45. The topological polar surface area (TPSA) is 76.7 Å². The predicted molar refractivity (Wildman–Crippen MR) is 106 cm³/mol. The van der Waals surface area contributed by atoms with Crippen molar-refractivity contribution in [3.05, 3.63) is 35.5 Å². The maximum atomic E-state index is 5.99. The zero-order valence-corrected chi connectivity index (χ0v) is 16.0. The average Bonchev–Trinajstić information content (AvgIpc) is 3.33. The van der Waals surface area contributed by atoms with Gasteiger partial charge in [-0.15, -0.1) is 0 Å². The second kappa shape index (κ2) is 5.98. The van der Waals surface area contributed by atoms with Crippen molar-refractivity contribution in [1.29, 1.82) is 0 Å². The van der Waals surface area contributed by atoms with Gasteiger partial charge >= 0.3 is 0 Å². The molecule has 5 aliphatic rings. The van der Waals surface area contributed by atoms with Gasteiger partial charge in [0.2, 0.25) is 12.7 Å². The minimum Gasteiger partial charge on any atom is -0.454 e. The highest BCUT2D eigenvalue weighted by Crippen LogP contribution is 2.48. The van der Waals surface area contributed by atoms with Gasteiger partial charge in [0.25, 0.3) is 0 Å². The van der Waals surface area contributed by atoms with E-state index in [-0.39, 0.29) is 0 Å². The van der Waals surface area contributed by atoms with Crippen LogP contribution in [-0.4, -0.2) is 53.4 Å². The molecule has 28 heavy (non-hydrogen) atoms. The van der Waals surface area contributed by atoms with Crippen LogP contribution in [0.3, 0.4) is 0 Å². The lowest BCUT2D eigenvalue weighted by Gasteiger charge is -2.51. The van der Waals surface area contributed by atoms with E-state index in [2.05, 4.69) is 44.0 Å². The van der Waals surface area contributed by atoms with E-state index in [1.54, 1.807) is 0 Å². The third kappa shape index (κ3) is 2.38. The lowest BCUT2D eigenvalue weighted by molar-refractivity contribution is 0.0354. The van der Waals surface area contributed by atoms with Crippen LogP contribution in [0.1, 0.15) is 30.0 Å². The number of nitrogen functional groups attached to an aromatic ring is 1. The summed E-state index contributed by atoms with van der Waals surface area (Å²) in [5.41, 5.74) is 8.24. The van der Waals surface area contributed by atoms with Gasteiger partial charge in [-0.3, -0.25) is 4.90 Å². The molecular weight excluding hydrogens is 354 g/mol. The molecule has 1 aromatic carbocycles. The van der Waals surface area contributed by atoms with Gasteiger partial charge in [0.15, 0.2) is 11.5 Å². The van der Waals surface area contributed by atoms with E-state index in [4.69, 9.17) is 15.2 Å². The van der Waals surface area contributed by atoms with Crippen molar-refractivity contribution in [2.75, 3.05) is 37.1 Å². The van der Waals surface area contributed by atoms with E-state index >= 15 is 0 Å². The monoisotopic (exact) mass is 379 g/mol. The maximum Gasteiger partial charge on any atom is 0.231 e. The van der Waals surface area contributed by atoms with Crippen LogP contribution in [0.4, 0.5) is 11.8 Å². The molecule has 0 unspecified atom stereocenters. The number of nitrogens with two attached hydrogens (primary N) is 1. The number of piperidine rings is 3. The summed E-state index contributed by atoms with van der Waals surface area (Å²) in [6.45, 7) is 5.64. The van der Waals surface area contributed by atoms with Gasteiger partial charge in [0.1, 0.15) is 5.82 Å². The van der Waals surface area contributed by atoms with Gasteiger partial charge in [-0.25, -0.2) is 4.98 Å². The van der Waals surface area contributed by atoms with Crippen molar-refractivity contribution in [2.45, 2.75) is 37.8 Å². The molecule has 0 saturated carbocycles. The quantitative estimate of drug-likeness (QED) is 0.857. The summed E-state index contributed by atoms with van der Waals surface area (Å²) in [6.07, 6.45) is 2.54. The van der Waals surface area contributed by atoms with Crippen LogP contribution in [0.5, 0.6) is 11.5 Å². The fraction of sp³-hybridized carbons (Fsp3) is 0.524. The first-order valence-electron chi connectivity index (χ1n) is 10.2. The Morgan fingerprint density at radius 1 is 1.04 bits per heavy atom. The second-order valence-electron chi connectivity index (χ2n) is 8.45. The predicted octanol–water partition coefficient (Wildman–Crippen LogP) is 2.16. The smallest absolute Gasteiger partial charge is 0.231 e. The number of fused-ring (bicyclic) bond motifs is 3. The van der Waals surface area contributed by atoms with Crippen LogP contribution in [0.2, 0.25) is 0 Å². The Morgan fingerprint density at radius 2 is 1.86 bits per heavy atom. The molecule has 2 aromatic rings. The molecule has 0 aliphatic carbocycles. The summed E-state index contributed by atoms with van der Waals surface area (Å²) in [5.74, 6) is 4.17. The molecular formula is C21H25N5O2. The van der Waals surface area contributed by atoms with Crippen LogP contribution in [-0.2, 0) is 0 Å². The molecule has 0 spiro atoms. The van der Waals surface area contributed by atoms with E-state index in [0.717, 1.165) is 29.6 Å². The van der Waals surface area contributed by atoms with Crippen LogP contribution in [0, 0.1) is 12.8 Å². The normalized spacial score (nSPS) is 32.6. The lowest BCUT2D eigenvalue weighted by Crippen LogP contribution is -2.60. The number of hydrogen-bond donors (Lipinski definition) is 1. The number of ether oxygens (including phenoxy) is 2. The minimum atomic E-state index is 0.315. The zero-order valence-electron chi connectivity index (χ0n) is 16.0. The van der Waals surface area contributed by atoms with Gasteiger partial charge < -0.3 is 20.1 Å². The number of benzene rings is 1. The van der Waals surface area contributed by atoms with Crippen molar-refractivity contribution in [3.8, 4) is 11.5 Å². The van der Waals surface area contributed by atoms with Crippen molar-refractivity contribution >= 4 is 11.8 Å². The first kappa shape index (κ1) is 16.4. The van der Waals surface area contributed by atoms with Gasteiger partial charge in [0.05, 0.1) is 0 Å². The molecule has 5 aliphatic heterocycles. The Hall–Kier alpha value is -2.54. The molecule has 7 rings (SSSR count). The first-order chi connectivity index (χ1) is 13.7. The molecule has 3 atom stereocenters.